The van der Waals surface area contributed by atoms with Crippen LogP contribution in [0.2, 0.25) is 0 Å². The SMILES string of the molecule is CCCOc1ccc(/C(O)=C2/C(=O)C(=O)N(CCCOC(C)C)C2c2ccc(C(C)(C)C)cc2)cc1. The highest BCUT2D eigenvalue weighted by Gasteiger charge is 2.45. The van der Waals surface area contributed by atoms with Crippen LogP contribution in [-0.2, 0) is 19.7 Å². The number of rotatable bonds is 10. The zero-order chi connectivity index (χ0) is 26.5. The van der Waals surface area contributed by atoms with Crippen molar-refractivity contribution >= 4 is 17.4 Å². The number of hydrogen-bond donors (Lipinski definition) is 1. The van der Waals surface area contributed by atoms with Crippen LogP contribution in [0.25, 0.3) is 5.76 Å². The second-order valence-electron chi connectivity index (χ2n) is 10.5. The number of likely N-dealkylation sites (tertiary alicyclic amines) is 1. The molecule has 1 saturated heterocycles. The molecule has 1 unspecified atom stereocenters. The Morgan fingerprint density at radius 3 is 2.19 bits per heavy atom. The average Bonchev–Trinajstić information content (AvgIpc) is 3.09. The average molecular weight is 494 g/mol. The minimum Gasteiger partial charge on any atom is -0.507 e. The van der Waals surface area contributed by atoms with Crippen LogP contribution in [0, 0.1) is 0 Å². The molecular weight excluding hydrogens is 454 g/mol. The number of amides is 1. The van der Waals surface area contributed by atoms with Gasteiger partial charge >= 0.3 is 0 Å². The molecule has 194 valence electrons. The van der Waals surface area contributed by atoms with Crippen molar-refractivity contribution < 1.29 is 24.2 Å². The van der Waals surface area contributed by atoms with Gasteiger partial charge in [0.15, 0.2) is 0 Å². The Morgan fingerprint density at radius 1 is 1.00 bits per heavy atom. The lowest BCUT2D eigenvalue weighted by atomic mass is 9.85. The molecule has 0 saturated carbocycles. The van der Waals surface area contributed by atoms with Crippen LogP contribution >= 0.6 is 0 Å². The molecule has 1 heterocycles. The fourth-order valence-electron chi connectivity index (χ4n) is 4.26. The Balaban J connectivity index is 2.01. The fraction of sp³-hybridized carbons (Fsp3) is 0.467. The number of nitrogens with zero attached hydrogens (tertiary/aromatic N) is 1. The summed E-state index contributed by atoms with van der Waals surface area (Å²) < 4.78 is 11.3. The zero-order valence-electron chi connectivity index (χ0n) is 22.3. The van der Waals surface area contributed by atoms with Gasteiger partial charge in [0, 0.05) is 18.7 Å². The summed E-state index contributed by atoms with van der Waals surface area (Å²) in [6.07, 6.45) is 1.57. The van der Waals surface area contributed by atoms with E-state index >= 15 is 0 Å². The van der Waals surface area contributed by atoms with E-state index in [4.69, 9.17) is 9.47 Å². The quantitative estimate of drug-likeness (QED) is 0.190. The molecule has 0 aromatic heterocycles. The first-order chi connectivity index (χ1) is 17.0. The van der Waals surface area contributed by atoms with Crippen LogP contribution in [0.5, 0.6) is 5.75 Å². The van der Waals surface area contributed by atoms with E-state index in [0.29, 0.717) is 37.5 Å². The third kappa shape index (κ3) is 6.35. The minimum atomic E-state index is -0.673. The second-order valence-corrected chi connectivity index (χ2v) is 10.5. The number of carbonyl (C=O) groups is 2. The summed E-state index contributed by atoms with van der Waals surface area (Å²) in [4.78, 5) is 27.9. The van der Waals surface area contributed by atoms with Crippen LogP contribution in [-0.4, -0.2) is 47.6 Å². The Labute approximate surface area is 214 Å². The van der Waals surface area contributed by atoms with Gasteiger partial charge in [-0.15, -0.1) is 0 Å². The number of carbonyl (C=O) groups excluding carboxylic acids is 2. The molecule has 1 amide bonds. The Bertz CT molecular complexity index is 1080. The topological polar surface area (TPSA) is 76.1 Å². The van der Waals surface area contributed by atoms with Crippen molar-refractivity contribution in [2.45, 2.75) is 71.9 Å². The van der Waals surface area contributed by atoms with E-state index in [2.05, 4.69) is 20.8 Å². The first-order valence-corrected chi connectivity index (χ1v) is 12.8. The maximum atomic E-state index is 13.2. The molecule has 36 heavy (non-hydrogen) atoms. The third-order valence-electron chi connectivity index (χ3n) is 6.23. The predicted molar refractivity (Wildman–Crippen MR) is 142 cm³/mol. The molecule has 1 atom stereocenters. The van der Waals surface area contributed by atoms with Gasteiger partial charge in [-0.3, -0.25) is 9.59 Å². The van der Waals surface area contributed by atoms with Crippen LogP contribution in [0.15, 0.2) is 54.1 Å². The largest absolute Gasteiger partial charge is 0.507 e. The summed E-state index contributed by atoms with van der Waals surface area (Å²) in [6.45, 7) is 13.8. The lowest BCUT2D eigenvalue weighted by molar-refractivity contribution is -0.140. The van der Waals surface area contributed by atoms with Crippen molar-refractivity contribution in [1.82, 2.24) is 4.90 Å². The first kappa shape index (κ1) is 27.5. The van der Waals surface area contributed by atoms with Gasteiger partial charge in [0.1, 0.15) is 11.5 Å². The molecule has 0 radical (unpaired) electrons. The molecule has 1 aliphatic heterocycles. The van der Waals surface area contributed by atoms with Crippen molar-refractivity contribution in [3.63, 3.8) is 0 Å². The maximum absolute atomic E-state index is 13.2. The summed E-state index contributed by atoms with van der Waals surface area (Å²) in [6, 6.07) is 14.2. The Kier molecular flexibility index (Phi) is 8.96. The zero-order valence-corrected chi connectivity index (χ0v) is 22.3. The highest BCUT2D eigenvalue weighted by atomic mass is 16.5. The lowest BCUT2D eigenvalue weighted by Gasteiger charge is -2.26. The summed E-state index contributed by atoms with van der Waals surface area (Å²) in [5, 5.41) is 11.3. The highest BCUT2D eigenvalue weighted by Crippen LogP contribution is 2.40. The van der Waals surface area contributed by atoms with E-state index in [1.54, 1.807) is 29.2 Å². The molecule has 1 aliphatic rings. The fourth-order valence-corrected chi connectivity index (χ4v) is 4.26. The number of aliphatic hydroxyl groups excluding tert-OH is 1. The molecule has 6 nitrogen and oxygen atoms in total. The predicted octanol–water partition coefficient (Wildman–Crippen LogP) is 6.01. The number of ketones is 1. The summed E-state index contributed by atoms with van der Waals surface area (Å²) in [7, 11) is 0. The van der Waals surface area contributed by atoms with Gasteiger partial charge in [0.2, 0.25) is 0 Å². The Morgan fingerprint density at radius 2 is 1.64 bits per heavy atom. The smallest absolute Gasteiger partial charge is 0.295 e. The van der Waals surface area contributed by atoms with Crippen molar-refractivity contribution in [3.05, 3.63) is 70.8 Å². The first-order valence-electron chi connectivity index (χ1n) is 12.8. The monoisotopic (exact) mass is 493 g/mol. The molecule has 2 aromatic rings. The van der Waals surface area contributed by atoms with Gasteiger partial charge in [0.05, 0.1) is 24.3 Å². The van der Waals surface area contributed by atoms with Gasteiger partial charge in [0.25, 0.3) is 11.7 Å². The van der Waals surface area contributed by atoms with Crippen LogP contribution < -0.4 is 4.74 Å². The van der Waals surface area contributed by atoms with Crippen molar-refractivity contribution in [1.29, 1.82) is 0 Å². The number of benzene rings is 2. The molecule has 0 bridgehead atoms. The standard InChI is InChI=1S/C30H39NO5/c1-7-18-36-24-15-11-22(12-16-24)27(32)25-26(21-9-13-23(14-10-21)30(4,5)6)31(29(34)28(25)33)17-8-19-35-20(2)3/h9-16,20,26,32H,7-8,17-19H2,1-6H3/b27-25-. The van der Waals surface area contributed by atoms with E-state index < -0.39 is 17.7 Å². The molecule has 6 heteroatoms. The number of hydrogen-bond acceptors (Lipinski definition) is 5. The molecule has 3 rings (SSSR count). The normalized spacial score (nSPS) is 17.8. The number of ether oxygens (including phenoxy) is 2. The van der Waals surface area contributed by atoms with E-state index in [1.807, 2.05) is 45.0 Å². The van der Waals surface area contributed by atoms with Gasteiger partial charge in [-0.1, -0.05) is 52.0 Å². The number of Topliss-reactive ketones (excluding diaryl/α,β-unsaturated/α-hetero) is 1. The molecule has 0 aliphatic carbocycles. The summed E-state index contributed by atoms with van der Waals surface area (Å²) in [5.41, 5.74) is 2.48. The van der Waals surface area contributed by atoms with Gasteiger partial charge in [-0.2, -0.15) is 0 Å². The van der Waals surface area contributed by atoms with Crippen molar-refractivity contribution in [3.8, 4) is 5.75 Å². The van der Waals surface area contributed by atoms with Gasteiger partial charge in [-0.05, 0) is 67.5 Å². The molecule has 1 fully saturated rings. The van der Waals surface area contributed by atoms with Crippen molar-refractivity contribution in [2.75, 3.05) is 19.8 Å². The Hall–Kier alpha value is -3.12. The summed E-state index contributed by atoms with van der Waals surface area (Å²) >= 11 is 0. The van der Waals surface area contributed by atoms with E-state index in [0.717, 1.165) is 17.5 Å². The lowest BCUT2D eigenvalue weighted by Crippen LogP contribution is -2.31. The highest BCUT2D eigenvalue weighted by molar-refractivity contribution is 6.46. The number of aliphatic hydroxyl groups is 1. The maximum Gasteiger partial charge on any atom is 0.295 e. The second kappa shape index (κ2) is 11.7. The molecule has 0 spiro atoms. The van der Waals surface area contributed by atoms with Gasteiger partial charge in [-0.25, -0.2) is 0 Å². The van der Waals surface area contributed by atoms with Crippen LogP contribution in [0.4, 0.5) is 0 Å². The van der Waals surface area contributed by atoms with E-state index in [9.17, 15) is 14.7 Å². The van der Waals surface area contributed by atoms with Crippen molar-refractivity contribution in [2.24, 2.45) is 0 Å². The molecule has 1 N–H and O–H groups in total. The molecular formula is C30H39NO5. The van der Waals surface area contributed by atoms with Crippen LogP contribution in [0.1, 0.15) is 77.1 Å². The summed E-state index contributed by atoms with van der Waals surface area (Å²) in [5.74, 6) is -0.767. The van der Waals surface area contributed by atoms with E-state index in [-0.39, 0.29) is 22.9 Å². The third-order valence-corrected chi connectivity index (χ3v) is 6.23. The van der Waals surface area contributed by atoms with E-state index in [1.165, 1.54) is 0 Å². The minimum absolute atomic E-state index is 0.0316. The molecule has 2 aromatic carbocycles. The van der Waals surface area contributed by atoms with Gasteiger partial charge < -0.3 is 19.5 Å². The van der Waals surface area contributed by atoms with Crippen LogP contribution in [0.3, 0.4) is 0 Å².